The first kappa shape index (κ1) is 28.4. The molecule has 44 heavy (non-hydrogen) atoms. The number of aromatic nitrogens is 3. The number of imidazole rings is 1. The molecule has 0 bridgehead atoms. The van der Waals surface area contributed by atoms with Crippen LogP contribution < -0.4 is 4.90 Å². The second-order valence-corrected chi connectivity index (χ2v) is 12.7. The number of anilines is 1. The van der Waals surface area contributed by atoms with Crippen molar-refractivity contribution in [2.45, 2.75) is 57.0 Å². The molecule has 0 N–H and O–H groups in total. The molecule has 2 aliphatic carbocycles. The Kier molecular flexibility index (Phi) is 7.96. The molecule has 0 atom stereocenters. The molecule has 5 nitrogen and oxygen atoms in total. The molecule has 7 heteroatoms. The number of carbonyl (C=O) groups is 1. The molecule has 0 saturated heterocycles. The van der Waals surface area contributed by atoms with E-state index in [1.807, 2.05) is 29.4 Å². The second kappa shape index (κ2) is 12.3. The molecule has 2 aromatic heterocycles. The lowest BCUT2D eigenvalue weighted by Gasteiger charge is -2.37. The Bertz CT molecular complexity index is 1660. The minimum absolute atomic E-state index is 0.0314. The molecule has 0 unspecified atom stereocenters. The van der Waals surface area contributed by atoms with Gasteiger partial charge in [-0.05, 0) is 42.0 Å². The zero-order valence-corrected chi connectivity index (χ0v) is 25.4. The number of nitrogens with zero attached hydrogens (tertiary/aromatic N) is 4. The molecule has 3 aromatic carbocycles. The summed E-state index contributed by atoms with van der Waals surface area (Å²) in [7, 11) is 0. The fraction of sp³-hybridized carbons (Fsp3) is 0.270. The number of carbonyl (C=O) groups excluding carboxylic acids is 1. The Morgan fingerprint density at radius 2 is 1.45 bits per heavy atom. The van der Waals surface area contributed by atoms with E-state index in [0.29, 0.717) is 24.5 Å². The highest BCUT2D eigenvalue weighted by atomic mass is 32.1. The van der Waals surface area contributed by atoms with E-state index >= 15 is 0 Å². The van der Waals surface area contributed by atoms with E-state index in [1.54, 1.807) is 6.08 Å². The average molecular weight is 603 g/mol. The maximum absolute atomic E-state index is 14.1. The second-order valence-electron chi connectivity index (χ2n) is 11.7. The number of halogens is 1. The van der Waals surface area contributed by atoms with Crippen molar-refractivity contribution in [3.8, 4) is 0 Å². The highest BCUT2D eigenvalue weighted by Gasteiger charge is 2.39. The number of allylic oxidation sites excluding steroid dienone is 1. The van der Waals surface area contributed by atoms with E-state index in [1.165, 1.54) is 17.8 Å². The quantitative estimate of drug-likeness (QED) is 0.167. The third kappa shape index (κ3) is 5.30. The van der Waals surface area contributed by atoms with Gasteiger partial charge in [0.25, 0.3) is 0 Å². The topological polar surface area (TPSA) is 51.0 Å². The van der Waals surface area contributed by atoms with Gasteiger partial charge in [-0.15, -0.1) is 0 Å². The fourth-order valence-corrected chi connectivity index (χ4v) is 7.87. The molecule has 0 spiro atoms. The van der Waals surface area contributed by atoms with Gasteiger partial charge in [-0.3, -0.25) is 9.69 Å². The van der Waals surface area contributed by atoms with Gasteiger partial charge in [0.2, 0.25) is 5.91 Å². The Labute approximate surface area is 261 Å². The molecule has 7 rings (SSSR count). The summed E-state index contributed by atoms with van der Waals surface area (Å²) in [6, 6.07) is 31.5. The number of thiazole rings is 1. The first-order valence-electron chi connectivity index (χ1n) is 15.5. The number of rotatable bonds is 8. The lowest BCUT2D eigenvalue weighted by molar-refractivity contribution is -0.123. The number of fused-ring (bicyclic) bond motifs is 1. The lowest BCUT2D eigenvalue weighted by atomic mass is 9.77. The smallest absolute Gasteiger partial charge is 0.232 e. The van der Waals surface area contributed by atoms with Crippen LogP contribution in [-0.4, -0.2) is 20.4 Å². The molecular weight excluding hydrogens is 567 g/mol. The van der Waals surface area contributed by atoms with Gasteiger partial charge in [0, 0.05) is 18.5 Å². The van der Waals surface area contributed by atoms with Gasteiger partial charge in [-0.25, -0.2) is 14.4 Å². The summed E-state index contributed by atoms with van der Waals surface area (Å²) in [5, 5.41) is 0.631. The van der Waals surface area contributed by atoms with Crippen molar-refractivity contribution in [2.75, 3.05) is 4.90 Å². The van der Waals surface area contributed by atoms with Gasteiger partial charge in [0.1, 0.15) is 11.4 Å². The van der Waals surface area contributed by atoms with Crippen LogP contribution in [-0.2, 0) is 23.3 Å². The summed E-state index contributed by atoms with van der Waals surface area (Å²) in [5.74, 6) is -0.0676. The van der Waals surface area contributed by atoms with E-state index < -0.39 is 5.54 Å². The number of aryl methyl sites for hydroxylation is 1. The predicted octanol–water partition coefficient (Wildman–Crippen LogP) is 8.55. The normalized spacial score (nSPS) is 15.4. The van der Waals surface area contributed by atoms with Gasteiger partial charge in [0.15, 0.2) is 5.13 Å². The molecule has 2 heterocycles. The predicted molar refractivity (Wildman–Crippen MR) is 174 cm³/mol. The average Bonchev–Trinajstić information content (AvgIpc) is 3.73. The third-order valence-electron chi connectivity index (χ3n) is 8.97. The molecular formula is C37H35FN4OS. The van der Waals surface area contributed by atoms with Crippen LogP contribution in [0.3, 0.4) is 0 Å². The van der Waals surface area contributed by atoms with Crippen LogP contribution in [0.25, 0.3) is 6.08 Å². The lowest BCUT2D eigenvalue weighted by Crippen LogP contribution is -2.37. The zero-order chi connectivity index (χ0) is 29.9. The monoisotopic (exact) mass is 602 g/mol. The van der Waals surface area contributed by atoms with E-state index in [-0.39, 0.29) is 17.7 Å². The van der Waals surface area contributed by atoms with Crippen LogP contribution in [0.2, 0.25) is 0 Å². The van der Waals surface area contributed by atoms with Crippen molar-refractivity contribution in [3.63, 3.8) is 0 Å². The van der Waals surface area contributed by atoms with E-state index in [9.17, 15) is 9.18 Å². The summed E-state index contributed by atoms with van der Waals surface area (Å²) in [6.45, 7) is 0.301. The summed E-state index contributed by atoms with van der Waals surface area (Å²) in [6.07, 6.45) is 11.5. The van der Waals surface area contributed by atoms with Gasteiger partial charge in [-0.1, -0.05) is 122 Å². The van der Waals surface area contributed by atoms with E-state index in [0.717, 1.165) is 58.6 Å². The van der Waals surface area contributed by atoms with E-state index in [2.05, 4.69) is 83.6 Å². The molecule has 1 saturated carbocycles. The number of amides is 1. The maximum atomic E-state index is 14.1. The Morgan fingerprint density at radius 1 is 0.864 bits per heavy atom. The SMILES string of the molecule is O=C(C1CCCCC1)N(Cc1cn(C(c2ccccc2)(c2ccccc2)c2ccccc2)cn1)c1nc2c(s1)C=C(F)CC2. The van der Waals surface area contributed by atoms with Crippen molar-refractivity contribution in [1.82, 2.24) is 14.5 Å². The largest absolute Gasteiger partial charge is 0.319 e. The summed E-state index contributed by atoms with van der Waals surface area (Å²) < 4.78 is 16.3. The minimum atomic E-state index is -0.685. The minimum Gasteiger partial charge on any atom is -0.319 e. The van der Waals surface area contributed by atoms with Crippen molar-refractivity contribution in [3.05, 3.63) is 142 Å². The Hall–Kier alpha value is -4.36. The van der Waals surface area contributed by atoms with Crippen molar-refractivity contribution < 1.29 is 9.18 Å². The van der Waals surface area contributed by atoms with Crippen molar-refractivity contribution in [2.24, 2.45) is 5.92 Å². The van der Waals surface area contributed by atoms with Crippen molar-refractivity contribution >= 4 is 28.5 Å². The summed E-state index contributed by atoms with van der Waals surface area (Å²) in [5.41, 5.74) is 4.29. The van der Waals surface area contributed by atoms with Crippen LogP contribution in [0.15, 0.2) is 109 Å². The molecule has 0 aliphatic heterocycles. The first-order valence-corrected chi connectivity index (χ1v) is 16.3. The van der Waals surface area contributed by atoms with Crippen LogP contribution in [0.5, 0.6) is 0 Å². The fourth-order valence-electron chi connectivity index (χ4n) is 6.80. The molecule has 0 radical (unpaired) electrons. The molecule has 222 valence electrons. The molecule has 1 fully saturated rings. The Balaban J connectivity index is 1.33. The third-order valence-corrected chi connectivity index (χ3v) is 10.0. The molecule has 2 aliphatic rings. The highest BCUT2D eigenvalue weighted by Crippen LogP contribution is 2.41. The van der Waals surface area contributed by atoms with Crippen molar-refractivity contribution in [1.29, 1.82) is 0 Å². The first-order chi connectivity index (χ1) is 21.6. The summed E-state index contributed by atoms with van der Waals surface area (Å²) >= 11 is 1.40. The van der Waals surface area contributed by atoms with Crippen LogP contribution in [0.1, 0.15) is 71.5 Å². The standard InChI is InChI=1S/C37H35FN4OS/c38-31-21-22-33-34(23-31)44-36(40-33)42(35(43)27-13-5-1-6-14-27)25-32-24-41(26-39-32)37(28-15-7-2-8-16-28,29-17-9-3-10-18-29)30-19-11-4-12-20-30/h2-4,7-12,15-20,23-24,26-27H,1,5-6,13-14,21-22,25H2. The van der Waals surface area contributed by atoms with Gasteiger partial charge >= 0.3 is 0 Å². The zero-order valence-electron chi connectivity index (χ0n) is 24.6. The maximum Gasteiger partial charge on any atom is 0.232 e. The Morgan fingerprint density at radius 3 is 2.05 bits per heavy atom. The van der Waals surface area contributed by atoms with Gasteiger partial charge in [0.05, 0.1) is 29.1 Å². The molecule has 5 aromatic rings. The number of hydrogen-bond acceptors (Lipinski definition) is 4. The van der Waals surface area contributed by atoms with Crippen LogP contribution in [0.4, 0.5) is 9.52 Å². The van der Waals surface area contributed by atoms with Gasteiger partial charge in [-0.2, -0.15) is 0 Å². The number of benzene rings is 3. The van der Waals surface area contributed by atoms with E-state index in [4.69, 9.17) is 9.97 Å². The summed E-state index contributed by atoms with van der Waals surface area (Å²) in [4.78, 5) is 26.5. The molecule has 1 amide bonds. The van der Waals surface area contributed by atoms with Crippen LogP contribution >= 0.6 is 11.3 Å². The highest BCUT2D eigenvalue weighted by molar-refractivity contribution is 7.16. The van der Waals surface area contributed by atoms with Gasteiger partial charge < -0.3 is 4.57 Å². The van der Waals surface area contributed by atoms with Crippen LogP contribution in [0, 0.1) is 5.92 Å². The number of hydrogen-bond donors (Lipinski definition) is 0.